The molecule has 1 fully saturated rings. The molecule has 2 unspecified atom stereocenters. The van der Waals surface area contributed by atoms with E-state index in [1.54, 1.807) is 6.26 Å². The van der Waals surface area contributed by atoms with E-state index in [0.29, 0.717) is 0 Å². The van der Waals surface area contributed by atoms with Crippen molar-refractivity contribution in [3.05, 3.63) is 24.1 Å². The monoisotopic (exact) mass is 190 g/mol. The van der Waals surface area contributed by atoms with E-state index >= 15 is 0 Å². The summed E-state index contributed by atoms with van der Waals surface area (Å²) in [6.07, 6.45) is 10.8. The lowest BCUT2D eigenvalue weighted by Gasteiger charge is -2.39. The van der Waals surface area contributed by atoms with Crippen molar-refractivity contribution in [2.75, 3.05) is 0 Å². The topological polar surface area (TPSA) is 38.1 Å². The zero-order valence-corrected chi connectivity index (χ0v) is 8.07. The van der Waals surface area contributed by atoms with E-state index in [9.17, 15) is 0 Å². The number of aromatic nitrogens is 1. The van der Waals surface area contributed by atoms with E-state index in [-0.39, 0.29) is 0 Å². The first-order valence-electron chi connectivity index (χ1n) is 5.26. The zero-order chi connectivity index (χ0) is 9.38. The van der Waals surface area contributed by atoms with Gasteiger partial charge in [-0.15, -0.1) is 0 Å². The summed E-state index contributed by atoms with van der Waals surface area (Å²) in [7, 11) is 0. The van der Waals surface area contributed by atoms with Crippen LogP contribution >= 0.6 is 0 Å². The van der Waals surface area contributed by atoms with Crippen LogP contribution in [-0.4, -0.2) is 17.2 Å². The second-order valence-corrected chi connectivity index (χ2v) is 4.21. The first kappa shape index (κ1) is 8.24. The Morgan fingerprint density at radius 1 is 1.43 bits per heavy atom. The Labute approximate surface area is 83.2 Å². The lowest BCUT2D eigenvalue weighted by Crippen LogP contribution is -2.52. The molecule has 3 aliphatic rings. The molecule has 1 aromatic rings. The van der Waals surface area contributed by atoms with Crippen molar-refractivity contribution in [1.29, 1.82) is 0 Å². The highest BCUT2D eigenvalue weighted by Crippen LogP contribution is 2.29. The maximum atomic E-state index is 4.87. The quantitative estimate of drug-likeness (QED) is 0.735. The van der Waals surface area contributed by atoms with Gasteiger partial charge in [-0.05, 0) is 31.3 Å². The van der Waals surface area contributed by atoms with Crippen molar-refractivity contribution >= 4 is 5.57 Å². The van der Waals surface area contributed by atoms with Gasteiger partial charge in [-0.3, -0.25) is 0 Å². The Bertz CT molecular complexity index is 336. The predicted molar refractivity (Wildman–Crippen MR) is 53.7 cm³/mol. The van der Waals surface area contributed by atoms with Gasteiger partial charge >= 0.3 is 0 Å². The molecular weight excluding hydrogens is 176 g/mol. The van der Waals surface area contributed by atoms with E-state index in [1.807, 2.05) is 6.20 Å². The first-order valence-corrected chi connectivity index (χ1v) is 5.26. The SMILES string of the molecule is C1=C(c2cnoc2)CCC2CC(C1)N2. The van der Waals surface area contributed by atoms with Crippen LogP contribution in [0.1, 0.15) is 31.2 Å². The third-order valence-corrected chi connectivity index (χ3v) is 3.25. The average molecular weight is 190 g/mol. The minimum Gasteiger partial charge on any atom is -0.364 e. The van der Waals surface area contributed by atoms with Crippen LogP contribution < -0.4 is 5.32 Å². The molecular formula is C11H14N2O. The van der Waals surface area contributed by atoms with E-state index in [4.69, 9.17) is 4.52 Å². The first-order chi connectivity index (χ1) is 6.92. The molecule has 1 aliphatic carbocycles. The Hall–Kier alpha value is -1.09. The Morgan fingerprint density at radius 3 is 3.14 bits per heavy atom. The van der Waals surface area contributed by atoms with Gasteiger partial charge in [0.15, 0.2) is 0 Å². The molecule has 0 radical (unpaired) electrons. The molecule has 2 aliphatic heterocycles. The fourth-order valence-electron chi connectivity index (χ4n) is 2.36. The number of allylic oxidation sites excluding steroid dienone is 1. The molecule has 3 nitrogen and oxygen atoms in total. The number of nitrogens with zero attached hydrogens (tertiary/aromatic N) is 1. The summed E-state index contributed by atoms with van der Waals surface area (Å²) in [6, 6.07) is 1.47. The molecule has 3 heteroatoms. The predicted octanol–water partition coefficient (Wildman–Crippen LogP) is 1.97. The molecule has 0 aromatic carbocycles. The van der Waals surface area contributed by atoms with Gasteiger partial charge in [0.2, 0.25) is 0 Å². The summed E-state index contributed by atoms with van der Waals surface area (Å²) in [4.78, 5) is 0. The number of nitrogens with one attached hydrogen (secondary N) is 1. The lowest BCUT2D eigenvalue weighted by atomic mass is 9.85. The molecule has 74 valence electrons. The lowest BCUT2D eigenvalue weighted by molar-refractivity contribution is 0.251. The van der Waals surface area contributed by atoms with E-state index in [1.165, 1.54) is 18.4 Å². The van der Waals surface area contributed by atoms with Crippen molar-refractivity contribution < 1.29 is 4.52 Å². The molecule has 1 aromatic heterocycles. The molecule has 2 atom stereocenters. The van der Waals surface area contributed by atoms with Crippen molar-refractivity contribution in [2.45, 2.75) is 37.8 Å². The smallest absolute Gasteiger partial charge is 0.131 e. The van der Waals surface area contributed by atoms with Crippen molar-refractivity contribution in [2.24, 2.45) is 0 Å². The van der Waals surface area contributed by atoms with E-state index in [2.05, 4.69) is 16.5 Å². The molecule has 14 heavy (non-hydrogen) atoms. The highest BCUT2D eigenvalue weighted by Gasteiger charge is 2.28. The Kier molecular flexibility index (Phi) is 1.91. The molecule has 0 spiro atoms. The van der Waals surface area contributed by atoms with Crippen molar-refractivity contribution in [3.8, 4) is 0 Å². The van der Waals surface area contributed by atoms with Crippen molar-refractivity contribution in [1.82, 2.24) is 10.5 Å². The van der Waals surface area contributed by atoms with Gasteiger partial charge in [0.1, 0.15) is 6.26 Å². The van der Waals surface area contributed by atoms with Crippen LogP contribution in [0.4, 0.5) is 0 Å². The highest BCUT2D eigenvalue weighted by atomic mass is 16.5. The van der Waals surface area contributed by atoms with Gasteiger partial charge in [-0.2, -0.15) is 0 Å². The Morgan fingerprint density at radius 2 is 2.36 bits per heavy atom. The molecule has 0 amide bonds. The summed E-state index contributed by atoms with van der Waals surface area (Å²) in [5.41, 5.74) is 2.56. The molecule has 3 heterocycles. The van der Waals surface area contributed by atoms with E-state index < -0.39 is 0 Å². The molecule has 4 rings (SSSR count). The largest absolute Gasteiger partial charge is 0.364 e. The van der Waals surface area contributed by atoms with E-state index in [0.717, 1.165) is 30.5 Å². The van der Waals surface area contributed by atoms with Gasteiger partial charge in [0.25, 0.3) is 0 Å². The summed E-state index contributed by atoms with van der Waals surface area (Å²) in [5, 5.41) is 7.31. The summed E-state index contributed by atoms with van der Waals surface area (Å²) >= 11 is 0. The third-order valence-electron chi connectivity index (χ3n) is 3.25. The van der Waals surface area contributed by atoms with Gasteiger partial charge < -0.3 is 9.84 Å². The fraction of sp³-hybridized carbons (Fsp3) is 0.545. The van der Waals surface area contributed by atoms with Gasteiger partial charge in [-0.1, -0.05) is 11.2 Å². The second kappa shape index (κ2) is 3.24. The van der Waals surface area contributed by atoms with Crippen LogP contribution in [0.15, 0.2) is 23.1 Å². The van der Waals surface area contributed by atoms with Crippen molar-refractivity contribution in [3.63, 3.8) is 0 Å². The number of hydrogen-bond acceptors (Lipinski definition) is 3. The number of fused-ring (bicyclic) bond motifs is 3. The molecule has 1 saturated heterocycles. The zero-order valence-electron chi connectivity index (χ0n) is 8.07. The third kappa shape index (κ3) is 1.38. The number of hydrogen-bond donors (Lipinski definition) is 1. The minimum atomic E-state index is 0.718. The molecule has 1 N–H and O–H groups in total. The maximum Gasteiger partial charge on any atom is 0.131 e. The second-order valence-electron chi connectivity index (χ2n) is 4.21. The summed E-state index contributed by atoms with van der Waals surface area (Å²) in [5.74, 6) is 0. The van der Waals surface area contributed by atoms with Crippen LogP contribution in [0.25, 0.3) is 5.57 Å². The average Bonchev–Trinajstić information content (AvgIpc) is 2.51. The van der Waals surface area contributed by atoms with Crippen LogP contribution in [0.3, 0.4) is 0 Å². The molecule has 0 saturated carbocycles. The van der Waals surface area contributed by atoms with Gasteiger partial charge in [0, 0.05) is 17.6 Å². The highest BCUT2D eigenvalue weighted by molar-refractivity contribution is 5.64. The van der Waals surface area contributed by atoms with Gasteiger partial charge in [0.05, 0.1) is 6.20 Å². The summed E-state index contributed by atoms with van der Waals surface area (Å²) in [6.45, 7) is 0. The molecule has 2 bridgehead atoms. The standard InChI is InChI=1S/C11H14N2O/c1-3-10-5-11(13-10)4-2-8(1)9-6-12-14-7-9/h1,6-7,10-11,13H,2-5H2. The van der Waals surface area contributed by atoms with Crippen LogP contribution in [-0.2, 0) is 0 Å². The van der Waals surface area contributed by atoms with Crippen LogP contribution in [0.5, 0.6) is 0 Å². The summed E-state index contributed by atoms with van der Waals surface area (Å²) < 4.78 is 4.87. The normalized spacial score (nSPS) is 31.3. The minimum absolute atomic E-state index is 0.718. The maximum absolute atomic E-state index is 4.87. The number of rotatable bonds is 1. The Balaban J connectivity index is 1.82. The van der Waals surface area contributed by atoms with Gasteiger partial charge in [-0.25, -0.2) is 0 Å². The van der Waals surface area contributed by atoms with Crippen LogP contribution in [0.2, 0.25) is 0 Å². The fourth-order valence-corrected chi connectivity index (χ4v) is 2.36. The van der Waals surface area contributed by atoms with Crippen LogP contribution in [0, 0.1) is 0 Å².